The lowest BCUT2D eigenvalue weighted by Crippen LogP contribution is -2.43. The molecule has 3 aromatic rings. The first-order valence-electron chi connectivity index (χ1n) is 10.1. The summed E-state index contributed by atoms with van der Waals surface area (Å²) >= 11 is 0. The van der Waals surface area contributed by atoms with Gasteiger partial charge in [0.1, 0.15) is 17.6 Å². The fourth-order valence-electron chi connectivity index (χ4n) is 3.68. The van der Waals surface area contributed by atoms with E-state index in [1.807, 2.05) is 31.2 Å². The second-order valence-corrected chi connectivity index (χ2v) is 9.47. The Bertz CT molecular complexity index is 1110. The summed E-state index contributed by atoms with van der Waals surface area (Å²) in [6, 6.07) is 10.7. The van der Waals surface area contributed by atoms with Crippen molar-refractivity contribution in [2.75, 3.05) is 13.1 Å². The molecule has 31 heavy (non-hydrogen) atoms. The van der Waals surface area contributed by atoms with Crippen molar-refractivity contribution in [2.45, 2.75) is 30.7 Å². The molecule has 3 heterocycles. The highest BCUT2D eigenvalue weighted by molar-refractivity contribution is 7.89. The third kappa shape index (κ3) is 4.64. The van der Waals surface area contributed by atoms with Crippen molar-refractivity contribution in [1.29, 1.82) is 0 Å². The summed E-state index contributed by atoms with van der Waals surface area (Å²) in [4.78, 5) is 20.8. The van der Waals surface area contributed by atoms with Gasteiger partial charge in [-0.05, 0) is 49.6 Å². The molecule has 162 valence electrons. The molecule has 4 rings (SSSR count). The zero-order chi connectivity index (χ0) is 21.8. The van der Waals surface area contributed by atoms with E-state index in [9.17, 15) is 13.2 Å². The Morgan fingerprint density at radius 2 is 1.87 bits per heavy atom. The number of amides is 1. The highest BCUT2D eigenvalue weighted by atomic mass is 32.2. The lowest BCUT2D eigenvalue weighted by molar-refractivity contribution is -0.126. The summed E-state index contributed by atoms with van der Waals surface area (Å²) < 4.78 is 28.5. The van der Waals surface area contributed by atoms with Gasteiger partial charge in [0.2, 0.25) is 15.9 Å². The van der Waals surface area contributed by atoms with Crippen molar-refractivity contribution in [3.8, 4) is 5.69 Å². The Morgan fingerprint density at radius 1 is 1.13 bits per heavy atom. The fourth-order valence-corrected chi connectivity index (χ4v) is 5.11. The van der Waals surface area contributed by atoms with E-state index in [4.69, 9.17) is 0 Å². The van der Waals surface area contributed by atoms with Gasteiger partial charge in [0.05, 0.1) is 11.7 Å². The largest absolute Gasteiger partial charge is 0.349 e. The van der Waals surface area contributed by atoms with Crippen LogP contribution in [0.15, 0.2) is 66.3 Å². The smallest absolute Gasteiger partial charge is 0.244 e. The Kier molecular flexibility index (Phi) is 6.10. The number of nitrogens with one attached hydrogen (secondary N) is 1. The molecule has 1 N–H and O–H groups in total. The molecule has 0 bridgehead atoms. The molecule has 1 aliphatic heterocycles. The first kappa shape index (κ1) is 21.1. The van der Waals surface area contributed by atoms with Gasteiger partial charge < -0.3 is 5.32 Å². The number of carbonyl (C=O) groups is 1. The topological polar surface area (TPSA) is 110 Å². The summed E-state index contributed by atoms with van der Waals surface area (Å²) in [6.45, 7) is 2.57. The number of pyridine rings is 1. The van der Waals surface area contributed by atoms with Crippen LogP contribution in [0.1, 0.15) is 31.4 Å². The molecule has 2 aromatic heterocycles. The Labute approximate surface area is 181 Å². The van der Waals surface area contributed by atoms with Crippen molar-refractivity contribution >= 4 is 15.9 Å². The number of rotatable bonds is 6. The van der Waals surface area contributed by atoms with Crippen LogP contribution in [-0.4, -0.2) is 51.5 Å². The highest BCUT2D eigenvalue weighted by Gasteiger charge is 2.32. The van der Waals surface area contributed by atoms with E-state index < -0.39 is 10.0 Å². The average molecular weight is 441 g/mol. The van der Waals surface area contributed by atoms with Crippen LogP contribution in [0, 0.1) is 5.92 Å². The van der Waals surface area contributed by atoms with E-state index in [0.717, 1.165) is 11.3 Å². The molecule has 1 saturated heterocycles. The van der Waals surface area contributed by atoms with Crippen molar-refractivity contribution in [1.82, 2.24) is 29.4 Å². The monoisotopic (exact) mass is 440 g/mol. The van der Waals surface area contributed by atoms with Crippen LogP contribution in [0.3, 0.4) is 0 Å². The molecule has 0 saturated carbocycles. The lowest BCUT2D eigenvalue weighted by Gasteiger charge is -2.31. The lowest BCUT2D eigenvalue weighted by atomic mass is 9.96. The molecule has 1 aliphatic rings. The van der Waals surface area contributed by atoms with Crippen LogP contribution in [0.5, 0.6) is 0 Å². The first-order chi connectivity index (χ1) is 14.9. The molecule has 0 radical (unpaired) electrons. The van der Waals surface area contributed by atoms with E-state index in [0.29, 0.717) is 25.9 Å². The number of nitrogens with zero attached hydrogens (tertiary/aromatic N) is 5. The molecule has 1 fully saturated rings. The maximum atomic E-state index is 12.8. The van der Waals surface area contributed by atoms with E-state index in [-0.39, 0.29) is 22.8 Å². The minimum absolute atomic E-state index is 0.0497. The predicted octanol–water partition coefficient (Wildman–Crippen LogP) is 1.94. The van der Waals surface area contributed by atoms with Gasteiger partial charge in [0, 0.05) is 31.4 Å². The minimum atomic E-state index is -3.57. The van der Waals surface area contributed by atoms with Crippen LogP contribution in [0.25, 0.3) is 5.69 Å². The Balaban J connectivity index is 1.33. The molecule has 1 unspecified atom stereocenters. The van der Waals surface area contributed by atoms with E-state index in [1.54, 1.807) is 23.3 Å². The van der Waals surface area contributed by atoms with Crippen LogP contribution < -0.4 is 5.32 Å². The second-order valence-electron chi connectivity index (χ2n) is 7.53. The first-order valence-corrected chi connectivity index (χ1v) is 11.5. The summed E-state index contributed by atoms with van der Waals surface area (Å²) in [5.41, 5.74) is 1.87. The predicted molar refractivity (Wildman–Crippen MR) is 114 cm³/mol. The average Bonchev–Trinajstić information content (AvgIpc) is 3.35. The highest BCUT2D eigenvalue weighted by Crippen LogP contribution is 2.24. The summed E-state index contributed by atoms with van der Waals surface area (Å²) in [6.07, 6.45) is 6.97. The number of carbonyl (C=O) groups excluding carboxylic acids is 1. The Morgan fingerprint density at radius 3 is 2.48 bits per heavy atom. The third-order valence-electron chi connectivity index (χ3n) is 5.53. The van der Waals surface area contributed by atoms with Crippen molar-refractivity contribution < 1.29 is 13.2 Å². The summed E-state index contributed by atoms with van der Waals surface area (Å²) in [7, 11) is -3.57. The van der Waals surface area contributed by atoms with E-state index >= 15 is 0 Å². The van der Waals surface area contributed by atoms with Gasteiger partial charge in [-0.15, -0.1) is 0 Å². The maximum absolute atomic E-state index is 12.8. The number of aromatic nitrogens is 4. The van der Waals surface area contributed by atoms with Crippen molar-refractivity contribution in [2.24, 2.45) is 5.92 Å². The quantitative estimate of drug-likeness (QED) is 0.627. The summed E-state index contributed by atoms with van der Waals surface area (Å²) in [5.74, 6) is -0.261. The number of piperidine rings is 1. The zero-order valence-corrected chi connectivity index (χ0v) is 17.9. The van der Waals surface area contributed by atoms with Crippen molar-refractivity contribution in [3.05, 3.63) is 67.0 Å². The molecule has 0 spiro atoms. The van der Waals surface area contributed by atoms with Gasteiger partial charge in [0.15, 0.2) is 0 Å². The van der Waals surface area contributed by atoms with Crippen LogP contribution in [0.4, 0.5) is 0 Å². The van der Waals surface area contributed by atoms with Gasteiger partial charge in [-0.25, -0.2) is 18.1 Å². The standard InChI is InChI=1S/C21H24N6O3S/c1-16(17-4-6-19(7-5-17)27-15-23-14-24-27)25-21(28)18-8-11-26(12-9-18)31(29,30)20-3-2-10-22-13-20/h2-7,10,13-16,18H,8-9,11-12H2,1H3,(H,25,28). The minimum Gasteiger partial charge on any atom is -0.349 e. The van der Waals surface area contributed by atoms with Gasteiger partial charge in [-0.1, -0.05) is 12.1 Å². The fraction of sp³-hybridized carbons (Fsp3) is 0.333. The molecule has 1 aromatic carbocycles. The maximum Gasteiger partial charge on any atom is 0.244 e. The molecular formula is C21H24N6O3S. The van der Waals surface area contributed by atoms with Gasteiger partial charge >= 0.3 is 0 Å². The van der Waals surface area contributed by atoms with Crippen molar-refractivity contribution in [3.63, 3.8) is 0 Å². The number of benzene rings is 1. The molecule has 0 aliphatic carbocycles. The SMILES string of the molecule is CC(NC(=O)C1CCN(S(=O)(=O)c2cccnc2)CC1)c1ccc(-n2cncn2)cc1. The van der Waals surface area contributed by atoms with Crippen LogP contribution >= 0.6 is 0 Å². The van der Waals surface area contributed by atoms with Gasteiger partial charge in [-0.2, -0.15) is 9.40 Å². The third-order valence-corrected chi connectivity index (χ3v) is 7.41. The van der Waals surface area contributed by atoms with Gasteiger partial charge in [0.25, 0.3) is 0 Å². The van der Waals surface area contributed by atoms with Crippen LogP contribution in [0.2, 0.25) is 0 Å². The number of sulfonamides is 1. The second kappa shape index (κ2) is 8.94. The zero-order valence-electron chi connectivity index (χ0n) is 17.1. The molecular weight excluding hydrogens is 416 g/mol. The number of hydrogen-bond acceptors (Lipinski definition) is 6. The molecule has 1 atom stereocenters. The summed E-state index contributed by atoms with van der Waals surface area (Å²) in [5, 5.41) is 7.15. The molecule has 9 nitrogen and oxygen atoms in total. The normalized spacial score (nSPS) is 16.7. The Hall–Kier alpha value is -3.11. The van der Waals surface area contributed by atoms with E-state index in [2.05, 4.69) is 20.4 Å². The number of hydrogen-bond donors (Lipinski definition) is 1. The van der Waals surface area contributed by atoms with Crippen LogP contribution in [-0.2, 0) is 14.8 Å². The molecule has 1 amide bonds. The van der Waals surface area contributed by atoms with E-state index in [1.165, 1.54) is 22.9 Å². The molecule has 10 heteroatoms. The van der Waals surface area contributed by atoms with Gasteiger partial charge in [-0.3, -0.25) is 9.78 Å².